The molecule has 2 rings (SSSR count). The van der Waals surface area contributed by atoms with Gasteiger partial charge in [-0.05, 0) is 42.5 Å². The Morgan fingerprint density at radius 3 is 2.53 bits per heavy atom. The first-order chi connectivity index (χ1) is 9.11. The zero-order valence-corrected chi connectivity index (χ0v) is 12.0. The molecule has 1 aliphatic rings. The second-order valence-corrected chi connectivity index (χ2v) is 5.58. The number of hydrogen-bond acceptors (Lipinski definition) is 2. The molecule has 1 aromatic rings. The molecule has 0 spiro atoms. The van der Waals surface area contributed by atoms with E-state index in [1.165, 1.54) is 12.8 Å². The van der Waals surface area contributed by atoms with E-state index in [1.54, 1.807) is 7.11 Å². The van der Waals surface area contributed by atoms with E-state index in [0.29, 0.717) is 23.4 Å². The molecular formula is C16H23NO2. The summed E-state index contributed by atoms with van der Waals surface area (Å²) < 4.78 is 5.10. The molecule has 0 heterocycles. The molecule has 0 aliphatic heterocycles. The first-order valence-corrected chi connectivity index (χ1v) is 7.06. The number of carbonyl (C=O) groups is 1. The fraction of sp³-hybridized carbons (Fsp3) is 0.562. The van der Waals surface area contributed by atoms with Gasteiger partial charge in [0.2, 0.25) is 0 Å². The van der Waals surface area contributed by atoms with Crippen molar-refractivity contribution in [2.45, 2.75) is 39.2 Å². The van der Waals surface area contributed by atoms with Crippen LogP contribution in [-0.4, -0.2) is 19.1 Å². The van der Waals surface area contributed by atoms with Gasteiger partial charge in [-0.3, -0.25) is 4.79 Å². The SMILES string of the molecule is COc1ccc(C(=O)N[C@@H]2CCC[C@H](C)[C@H]2C)cc1. The lowest BCUT2D eigenvalue weighted by Gasteiger charge is -2.34. The molecule has 3 nitrogen and oxygen atoms in total. The molecule has 0 unspecified atom stereocenters. The zero-order chi connectivity index (χ0) is 13.8. The van der Waals surface area contributed by atoms with Gasteiger partial charge in [-0.1, -0.05) is 26.7 Å². The van der Waals surface area contributed by atoms with E-state index >= 15 is 0 Å². The largest absolute Gasteiger partial charge is 0.497 e. The molecule has 1 saturated carbocycles. The Kier molecular flexibility index (Phi) is 4.46. The quantitative estimate of drug-likeness (QED) is 0.907. The maximum atomic E-state index is 12.2. The number of rotatable bonds is 3. The number of benzene rings is 1. The summed E-state index contributed by atoms with van der Waals surface area (Å²) in [7, 11) is 1.63. The highest BCUT2D eigenvalue weighted by Gasteiger charge is 2.28. The van der Waals surface area contributed by atoms with Crippen molar-refractivity contribution in [1.29, 1.82) is 0 Å². The van der Waals surface area contributed by atoms with E-state index in [2.05, 4.69) is 19.2 Å². The molecule has 1 N–H and O–H groups in total. The predicted octanol–water partition coefficient (Wildman–Crippen LogP) is 3.25. The van der Waals surface area contributed by atoms with Gasteiger partial charge < -0.3 is 10.1 Å². The third-order valence-electron chi connectivity index (χ3n) is 4.38. The van der Waals surface area contributed by atoms with E-state index in [9.17, 15) is 4.79 Å². The molecule has 104 valence electrons. The van der Waals surface area contributed by atoms with Crippen LogP contribution < -0.4 is 10.1 Å². The molecule has 0 saturated heterocycles. The number of nitrogens with one attached hydrogen (secondary N) is 1. The monoisotopic (exact) mass is 261 g/mol. The molecule has 3 heteroatoms. The third-order valence-corrected chi connectivity index (χ3v) is 4.38. The minimum Gasteiger partial charge on any atom is -0.497 e. The van der Waals surface area contributed by atoms with Gasteiger partial charge in [0.1, 0.15) is 5.75 Å². The molecule has 19 heavy (non-hydrogen) atoms. The third kappa shape index (κ3) is 3.28. The van der Waals surface area contributed by atoms with Crippen molar-refractivity contribution >= 4 is 5.91 Å². The molecule has 1 aliphatic carbocycles. The van der Waals surface area contributed by atoms with Crippen LogP contribution in [0.5, 0.6) is 5.75 Å². The van der Waals surface area contributed by atoms with Crippen LogP contribution in [0.1, 0.15) is 43.5 Å². The Hall–Kier alpha value is -1.51. The van der Waals surface area contributed by atoms with Crippen LogP contribution in [0.3, 0.4) is 0 Å². The van der Waals surface area contributed by atoms with Crippen molar-refractivity contribution in [2.75, 3.05) is 7.11 Å². The molecule has 1 aromatic carbocycles. The van der Waals surface area contributed by atoms with Crippen molar-refractivity contribution < 1.29 is 9.53 Å². The highest BCUT2D eigenvalue weighted by atomic mass is 16.5. The minimum atomic E-state index is 0.0219. The summed E-state index contributed by atoms with van der Waals surface area (Å²) in [5, 5.41) is 3.17. The van der Waals surface area contributed by atoms with Crippen molar-refractivity contribution in [3.05, 3.63) is 29.8 Å². The van der Waals surface area contributed by atoms with E-state index in [4.69, 9.17) is 4.74 Å². The maximum Gasteiger partial charge on any atom is 0.251 e. The van der Waals surface area contributed by atoms with Crippen LogP contribution in [0.2, 0.25) is 0 Å². The van der Waals surface area contributed by atoms with E-state index in [1.807, 2.05) is 24.3 Å². The standard InChI is InChI=1S/C16H23NO2/c1-11-5-4-6-15(12(11)2)17-16(18)13-7-9-14(19-3)10-8-13/h7-12,15H,4-6H2,1-3H3,(H,17,18)/t11-,12+,15+/m0/s1. The number of methoxy groups -OCH3 is 1. The summed E-state index contributed by atoms with van der Waals surface area (Å²) in [6.07, 6.45) is 3.57. The second-order valence-electron chi connectivity index (χ2n) is 5.58. The van der Waals surface area contributed by atoms with Crippen molar-refractivity contribution in [1.82, 2.24) is 5.32 Å². The first-order valence-electron chi connectivity index (χ1n) is 7.06. The van der Waals surface area contributed by atoms with Gasteiger partial charge in [0.25, 0.3) is 5.91 Å². The van der Waals surface area contributed by atoms with Crippen LogP contribution in [0.4, 0.5) is 0 Å². The van der Waals surface area contributed by atoms with Crippen molar-refractivity contribution in [3.8, 4) is 5.75 Å². The summed E-state index contributed by atoms with van der Waals surface area (Å²) >= 11 is 0. The van der Waals surface area contributed by atoms with E-state index in [-0.39, 0.29) is 5.91 Å². The lowest BCUT2D eigenvalue weighted by molar-refractivity contribution is 0.0891. The second kappa shape index (κ2) is 6.09. The predicted molar refractivity (Wildman–Crippen MR) is 76.4 cm³/mol. The fourth-order valence-corrected chi connectivity index (χ4v) is 2.78. The van der Waals surface area contributed by atoms with Gasteiger partial charge in [0.05, 0.1) is 7.11 Å². The molecule has 0 radical (unpaired) electrons. The number of amides is 1. The average molecular weight is 261 g/mol. The molecule has 3 atom stereocenters. The van der Waals surface area contributed by atoms with Crippen molar-refractivity contribution in [3.63, 3.8) is 0 Å². The van der Waals surface area contributed by atoms with Crippen LogP contribution in [-0.2, 0) is 0 Å². The van der Waals surface area contributed by atoms with Gasteiger partial charge in [0, 0.05) is 11.6 Å². The Morgan fingerprint density at radius 1 is 1.21 bits per heavy atom. The average Bonchev–Trinajstić information content (AvgIpc) is 2.44. The number of ether oxygens (including phenoxy) is 1. The topological polar surface area (TPSA) is 38.3 Å². The lowest BCUT2D eigenvalue weighted by atomic mass is 9.78. The summed E-state index contributed by atoms with van der Waals surface area (Å²) in [6.45, 7) is 4.51. The summed E-state index contributed by atoms with van der Waals surface area (Å²) in [6, 6.07) is 7.57. The fourth-order valence-electron chi connectivity index (χ4n) is 2.78. The Morgan fingerprint density at radius 2 is 1.89 bits per heavy atom. The van der Waals surface area contributed by atoms with Gasteiger partial charge in [0.15, 0.2) is 0 Å². The van der Waals surface area contributed by atoms with Gasteiger partial charge in [-0.25, -0.2) is 0 Å². The van der Waals surface area contributed by atoms with Gasteiger partial charge >= 0.3 is 0 Å². The molecule has 0 aromatic heterocycles. The van der Waals surface area contributed by atoms with Crippen LogP contribution in [0.15, 0.2) is 24.3 Å². The Bertz CT molecular complexity index is 427. The smallest absolute Gasteiger partial charge is 0.251 e. The lowest BCUT2D eigenvalue weighted by Crippen LogP contribution is -2.43. The Labute approximate surface area is 115 Å². The highest BCUT2D eigenvalue weighted by molar-refractivity contribution is 5.94. The summed E-state index contributed by atoms with van der Waals surface area (Å²) in [5.74, 6) is 2.04. The van der Waals surface area contributed by atoms with E-state index < -0.39 is 0 Å². The minimum absolute atomic E-state index is 0.0219. The molecule has 1 fully saturated rings. The molecule has 1 amide bonds. The van der Waals surface area contributed by atoms with Crippen LogP contribution >= 0.6 is 0 Å². The number of carbonyl (C=O) groups excluding carboxylic acids is 1. The maximum absolute atomic E-state index is 12.2. The molecular weight excluding hydrogens is 238 g/mol. The van der Waals surface area contributed by atoms with E-state index in [0.717, 1.165) is 12.2 Å². The van der Waals surface area contributed by atoms with Crippen molar-refractivity contribution in [2.24, 2.45) is 11.8 Å². The first kappa shape index (κ1) is 13.9. The van der Waals surface area contributed by atoms with Gasteiger partial charge in [-0.2, -0.15) is 0 Å². The summed E-state index contributed by atoms with van der Waals surface area (Å²) in [5.41, 5.74) is 0.700. The number of hydrogen-bond donors (Lipinski definition) is 1. The Balaban J connectivity index is 1.99. The zero-order valence-electron chi connectivity index (χ0n) is 12.0. The van der Waals surface area contributed by atoms with Gasteiger partial charge in [-0.15, -0.1) is 0 Å². The molecule has 0 bridgehead atoms. The highest BCUT2D eigenvalue weighted by Crippen LogP contribution is 2.29. The van der Waals surface area contributed by atoms with Crippen LogP contribution in [0, 0.1) is 11.8 Å². The van der Waals surface area contributed by atoms with Crippen LogP contribution in [0.25, 0.3) is 0 Å². The summed E-state index contributed by atoms with van der Waals surface area (Å²) in [4.78, 5) is 12.2. The normalized spacial score (nSPS) is 26.8.